The summed E-state index contributed by atoms with van der Waals surface area (Å²) in [7, 11) is 0. The van der Waals surface area contributed by atoms with Crippen molar-refractivity contribution in [2.45, 2.75) is 39.2 Å². The molecule has 3 aromatic carbocycles. The van der Waals surface area contributed by atoms with Crippen molar-refractivity contribution < 1.29 is 13.5 Å². The number of aryl methyl sites for hydroxylation is 1. The molecule has 0 aromatic heterocycles. The van der Waals surface area contributed by atoms with Crippen molar-refractivity contribution in [1.82, 2.24) is 0 Å². The minimum absolute atomic E-state index is 0.179. The average molecular weight is 366 g/mol. The van der Waals surface area contributed by atoms with E-state index in [9.17, 15) is 8.78 Å². The molecule has 3 aromatic rings. The van der Waals surface area contributed by atoms with Crippen LogP contribution in [0, 0.1) is 0 Å². The third-order valence-corrected chi connectivity index (χ3v) is 4.61. The summed E-state index contributed by atoms with van der Waals surface area (Å²) in [5.74, 6) is 0.179. The molecule has 0 amide bonds. The molecule has 0 saturated carbocycles. The number of rotatable bonds is 8. The fourth-order valence-corrected chi connectivity index (χ4v) is 3.27. The van der Waals surface area contributed by atoms with Crippen molar-refractivity contribution in [2.24, 2.45) is 0 Å². The summed E-state index contributed by atoms with van der Waals surface area (Å²) in [5.41, 5.74) is 5.37. The maximum atomic E-state index is 12.6. The van der Waals surface area contributed by atoms with Crippen LogP contribution in [0.15, 0.2) is 72.8 Å². The number of ether oxygens (including phenoxy) is 1. The highest BCUT2D eigenvalue weighted by Gasteiger charge is 2.11. The van der Waals surface area contributed by atoms with Crippen molar-refractivity contribution in [3.8, 4) is 28.0 Å². The topological polar surface area (TPSA) is 9.23 Å². The molecule has 0 saturated heterocycles. The van der Waals surface area contributed by atoms with Gasteiger partial charge in [-0.15, -0.1) is 0 Å². The van der Waals surface area contributed by atoms with Crippen LogP contribution in [0.1, 0.15) is 31.7 Å². The molecule has 0 fully saturated rings. The van der Waals surface area contributed by atoms with E-state index in [1.54, 1.807) is 18.2 Å². The van der Waals surface area contributed by atoms with Gasteiger partial charge in [-0.1, -0.05) is 80.4 Å². The summed E-state index contributed by atoms with van der Waals surface area (Å²) in [5, 5.41) is 0. The van der Waals surface area contributed by atoms with Crippen molar-refractivity contribution in [3.63, 3.8) is 0 Å². The number of hydrogen-bond acceptors (Lipinski definition) is 1. The van der Waals surface area contributed by atoms with Crippen molar-refractivity contribution in [2.75, 3.05) is 0 Å². The van der Waals surface area contributed by atoms with Gasteiger partial charge in [0.1, 0.15) is 5.75 Å². The zero-order valence-electron chi connectivity index (χ0n) is 15.5. The van der Waals surface area contributed by atoms with E-state index in [0.717, 1.165) is 35.1 Å². The summed E-state index contributed by atoms with van der Waals surface area (Å²) in [4.78, 5) is 0. The van der Waals surface area contributed by atoms with Crippen molar-refractivity contribution in [1.29, 1.82) is 0 Å². The van der Waals surface area contributed by atoms with Crippen LogP contribution in [-0.2, 0) is 6.42 Å². The second-order valence-corrected chi connectivity index (χ2v) is 6.61. The van der Waals surface area contributed by atoms with E-state index in [1.165, 1.54) is 18.4 Å². The lowest BCUT2D eigenvalue weighted by Crippen LogP contribution is -2.01. The van der Waals surface area contributed by atoms with E-state index in [-0.39, 0.29) is 5.75 Å². The van der Waals surface area contributed by atoms with E-state index in [0.29, 0.717) is 0 Å². The fourth-order valence-electron chi connectivity index (χ4n) is 3.27. The molecule has 0 radical (unpaired) electrons. The molecule has 0 aliphatic heterocycles. The molecule has 0 bridgehead atoms. The largest absolute Gasteiger partial charge is 0.435 e. The van der Waals surface area contributed by atoms with E-state index >= 15 is 0 Å². The molecule has 0 atom stereocenters. The SMILES string of the molecule is CCCCCc1ccc(-c2ccccc2)c(-c2cccc(OC(F)F)c2)c1. The van der Waals surface area contributed by atoms with Crippen LogP contribution in [0.4, 0.5) is 8.78 Å². The van der Waals surface area contributed by atoms with Crippen LogP contribution < -0.4 is 4.74 Å². The van der Waals surface area contributed by atoms with Gasteiger partial charge in [-0.3, -0.25) is 0 Å². The standard InChI is InChI=1S/C24H24F2O/c1-2-3-5-9-18-14-15-22(19-10-6-4-7-11-19)23(16-18)20-12-8-13-21(17-20)27-24(25)26/h4,6-8,10-17,24H,2-3,5,9H2,1H3. The van der Waals surface area contributed by atoms with Gasteiger partial charge in [0.25, 0.3) is 0 Å². The Hall–Kier alpha value is -2.68. The highest BCUT2D eigenvalue weighted by atomic mass is 19.3. The first-order valence-corrected chi connectivity index (χ1v) is 9.41. The van der Waals surface area contributed by atoms with E-state index < -0.39 is 6.61 Å². The predicted molar refractivity (Wildman–Crippen MR) is 107 cm³/mol. The average Bonchev–Trinajstić information content (AvgIpc) is 2.68. The smallest absolute Gasteiger partial charge is 0.387 e. The first-order chi connectivity index (χ1) is 13.2. The van der Waals surface area contributed by atoms with Crippen LogP contribution in [0.5, 0.6) is 5.75 Å². The molecule has 27 heavy (non-hydrogen) atoms. The van der Waals surface area contributed by atoms with Gasteiger partial charge in [-0.25, -0.2) is 0 Å². The second kappa shape index (κ2) is 9.31. The van der Waals surface area contributed by atoms with Gasteiger partial charge in [0.15, 0.2) is 0 Å². The maximum Gasteiger partial charge on any atom is 0.387 e. The van der Waals surface area contributed by atoms with Crippen molar-refractivity contribution in [3.05, 3.63) is 78.4 Å². The Labute approximate surface area is 159 Å². The highest BCUT2D eigenvalue weighted by Crippen LogP contribution is 2.35. The maximum absolute atomic E-state index is 12.6. The molecule has 140 valence electrons. The number of benzene rings is 3. The van der Waals surface area contributed by atoms with E-state index in [4.69, 9.17) is 0 Å². The second-order valence-electron chi connectivity index (χ2n) is 6.61. The molecule has 0 spiro atoms. The first kappa shape index (κ1) is 19.1. The normalized spacial score (nSPS) is 11.0. The van der Waals surface area contributed by atoms with E-state index in [1.807, 2.05) is 24.3 Å². The van der Waals surface area contributed by atoms with Gasteiger partial charge in [0.05, 0.1) is 0 Å². The van der Waals surface area contributed by atoms with Gasteiger partial charge in [-0.05, 0) is 52.8 Å². The third kappa shape index (κ3) is 5.16. The zero-order chi connectivity index (χ0) is 19.1. The minimum atomic E-state index is -2.82. The summed E-state index contributed by atoms with van der Waals surface area (Å²) < 4.78 is 29.8. The molecule has 0 heterocycles. The van der Waals surface area contributed by atoms with Crippen LogP contribution in [0.3, 0.4) is 0 Å². The Kier molecular flexibility index (Phi) is 6.59. The number of alkyl halides is 2. The summed E-state index contributed by atoms with van der Waals surface area (Å²) in [6.07, 6.45) is 4.55. The molecule has 0 N–H and O–H groups in total. The summed E-state index contributed by atoms with van der Waals surface area (Å²) >= 11 is 0. The number of halogens is 2. The van der Waals surface area contributed by atoms with Crippen LogP contribution >= 0.6 is 0 Å². The Morgan fingerprint density at radius 1 is 0.778 bits per heavy atom. The number of unbranched alkanes of at least 4 members (excludes halogenated alkanes) is 2. The van der Waals surface area contributed by atoms with Gasteiger partial charge in [0, 0.05) is 0 Å². The lowest BCUT2D eigenvalue weighted by Gasteiger charge is -2.14. The highest BCUT2D eigenvalue weighted by molar-refractivity contribution is 5.84. The van der Waals surface area contributed by atoms with Gasteiger partial charge in [-0.2, -0.15) is 8.78 Å². The van der Waals surface area contributed by atoms with Crippen LogP contribution in [0.2, 0.25) is 0 Å². The molecule has 1 nitrogen and oxygen atoms in total. The fraction of sp³-hybridized carbons (Fsp3) is 0.250. The van der Waals surface area contributed by atoms with E-state index in [2.05, 4.69) is 42.0 Å². The predicted octanol–water partition coefficient (Wildman–Crippen LogP) is 7.35. The quantitative estimate of drug-likeness (QED) is 0.379. The van der Waals surface area contributed by atoms with Crippen LogP contribution in [-0.4, -0.2) is 6.61 Å². The summed E-state index contributed by atoms with van der Waals surface area (Å²) in [6.45, 7) is -0.632. The summed E-state index contributed by atoms with van der Waals surface area (Å²) in [6, 6.07) is 23.5. The molecule has 0 aliphatic carbocycles. The molecule has 3 heteroatoms. The first-order valence-electron chi connectivity index (χ1n) is 9.41. The lowest BCUT2D eigenvalue weighted by atomic mass is 9.91. The zero-order valence-corrected chi connectivity index (χ0v) is 15.5. The monoisotopic (exact) mass is 366 g/mol. The molecular weight excluding hydrogens is 342 g/mol. The van der Waals surface area contributed by atoms with Gasteiger partial charge < -0.3 is 4.74 Å². The molecule has 0 unspecified atom stereocenters. The Morgan fingerprint density at radius 2 is 1.56 bits per heavy atom. The van der Waals surface area contributed by atoms with Crippen LogP contribution in [0.25, 0.3) is 22.3 Å². The molecule has 0 aliphatic rings. The van der Waals surface area contributed by atoms with Gasteiger partial charge in [0.2, 0.25) is 0 Å². The molecule has 3 rings (SSSR count). The minimum Gasteiger partial charge on any atom is -0.435 e. The Balaban J connectivity index is 2.03. The number of hydrogen-bond donors (Lipinski definition) is 0. The Bertz CT molecular complexity index is 859. The Morgan fingerprint density at radius 3 is 2.30 bits per heavy atom. The lowest BCUT2D eigenvalue weighted by molar-refractivity contribution is -0.0498. The van der Waals surface area contributed by atoms with Crippen molar-refractivity contribution >= 4 is 0 Å². The molecular formula is C24H24F2O. The van der Waals surface area contributed by atoms with Gasteiger partial charge >= 0.3 is 6.61 Å². The third-order valence-electron chi connectivity index (χ3n) is 4.61.